The molecule has 5 nitrogen and oxygen atoms in total. The minimum Gasteiger partial charge on any atom is -0.412 e. The normalized spacial score (nSPS) is 13.5. The lowest BCUT2D eigenvalue weighted by Gasteiger charge is -2.36. The van der Waals surface area contributed by atoms with E-state index in [1.54, 1.807) is 6.92 Å². The molecular weight excluding hydrogens is 328 g/mol. The number of hydrogen-bond acceptors (Lipinski definition) is 5. The first kappa shape index (κ1) is 18.5. The van der Waals surface area contributed by atoms with Crippen molar-refractivity contribution >= 4 is 29.8 Å². The van der Waals surface area contributed by atoms with E-state index >= 15 is 0 Å². The SMILES string of the molecule is Cc1nc(S(C)(=O)=O)nc(Cl)c1CO[Si](C)(C)C(C)(C)C. The van der Waals surface area contributed by atoms with Crippen molar-refractivity contribution in [1.29, 1.82) is 0 Å². The average molecular weight is 351 g/mol. The molecule has 1 aromatic rings. The molecule has 0 saturated heterocycles. The summed E-state index contributed by atoms with van der Waals surface area (Å²) in [5.74, 6) is 0. The summed E-state index contributed by atoms with van der Waals surface area (Å²) in [6.45, 7) is 12.7. The Kier molecular flexibility index (Phi) is 5.25. The van der Waals surface area contributed by atoms with E-state index in [2.05, 4.69) is 43.8 Å². The Balaban J connectivity index is 3.07. The average Bonchev–Trinajstić information content (AvgIpc) is 2.24. The molecule has 0 aliphatic rings. The van der Waals surface area contributed by atoms with Crippen LogP contribution in [-0.2, 0) is 20.9 Å². The largest absolute Gasteiger partial charge is 0.412 e. The van der Waals surface area contributed by atoms with E-state index < -0.39 is 18.2 Å². The standard InChI is InChI=1S/C13H23ClN2O3SSi/c1-9-10(8-19-21(6,7)13(2,3)4)11(14)16-12(15-9)20(5,17)18/h8H2,1-7H3. The molecule has 0 radical (unpaired) electrons. The molecule has 1 rings (SSSR count). The molecular formula is C13H23ClN2O3SSi. The maximum atomic E-state index is 11.5. The monoisotopic (exact) mass is 350 g/mol. The maximum Gasteiger partial charge on any atom is 0.248 e. The van der Waals surface area contributed by atoms with Gasteiger partial charge < -0.3 is 4.43 Å². The molecule has 0 N–H and O–H groups in total. The van der Waals surface area contributed by atoms with Gasteiger partial charge in [0.2, 0.25) is 15.0 Å². The molecule has 0 bridgehead atoms. The fourth-order valence-corrected chi connectivity index (χ4v) is 3.16. The molecule has 120 valence electrons. The van der Waals surface area contributed by atoms with E-state index in [0.717, 1.165) is 6.26 Å². The first-order valence-corrected chi connectivity index (χ1v) is 11.8. The van der Waals surface area contributed by atoms with Crippen molar-refractivity contribution in [2.75, 3.05) is 6.26 Å². The summed E-state index contributed by atoms with van der Waals surface area (Å²) in [5, 5.41) is -0.0243. The zero-order chi connectivity index (χ0) is 16.6. The van der Waals surface area contributed by atoms with Crippen LogP contribution in [0.25, 0.3) is 0 Å². The van der Waals surface area contributed by atoms with E-state index in [-0.39, 0.29) is 15.3 Å². The minimum absolute atomic E-state index is 0.0843. The molecule has 8 heteroatoms. The molecule has 21 heavy (non-hydrogen) atoms. The van der Waals surface area contributed by atoms with Crippen molar-refractivity contribution < 1.29 is 12.8 Å². The summed E-state index contributed by atoms with van der Waals surface area (Å²) in [6, 6.07) is 0. The lowest BCUT2D eigenvalue weighted by atomic mass is 10.2. The van der Waals surface area contributed by atoms with Gasteiger partial charge in [0.05, 0.1) is 6.61 Å². The zero-order valence-corrected chi connectivity index (χ0v) is 16.2. The van der Waals surface area contributed by atoms with Crippen LogP contribution in [0.4, 0.5) is 0 Å². The smallest absolute Gasteiger partial charge is 0.248 e. The Labute approximate surface area is 133 Å². The second kappa shape index (κ2) is 5.95. The topological polar surface area (TPSA) is 69.2 Å². The van der Waals surface area contributed by atoms with Crippen LogP contribution < -0.4 is 0 Å². The van der Waals surface area contributed by atoms with E-state index in [0.29, 0.717) is 17.9 Å². The molecule has 0 saturated carbocycles. The van der Waals surface area contributed by atoms with Crippen molar-refractivity contribution in [2.24, 2.45) is 0 Å². The Morgan fingerprint density at radius 1 is 1.24 bits per heavy atom. The van der Waals surface area contributed by atoms with Gasteiger partial charge >= 0.3 is 0 Å². The fourth-order valence-electron chi connectivity index (χ4n) is 1.34. The lowest BCUT2D eigenvalue weighted by Crippen LogP contribution is -2.40. The van der Waals surface area contributed by atoms with E-state index in [9.17, 15) is 8.42 Å². The van der Waals surface area contributed by atoms with Gasteiger partial charge in [0.15, 0.2) is 8.32 Å². The van der Waals surface area contributed by atoms with Gasteiger partial charge in [-0.15, -0.1) is 0 Å². The number of hydrogen-bond donors (Lipinski definition) is 0. The van der Waals surface area contributed by atoms with Gasteiger partial charge in [-0.1, -0.05) is 32.4 Å². The highest BCUT2D eigenvalue weighted by molar-refractivity contribution is 7.90. The van der Waals surface area contributed by atoms with Gasteiger partial charge in [-0.25, -0.2) is 18.4 Å². The maximum absolute atomic E-state index is 11.5. The third kappa shape index (κ3) is 4.48. The fraction of sp³-hybridized carbons (Fsp3) is 0.692. The van der Waals surface area contributed by atoms with Crippen molar-refractivity contribution in [2.45, 2.75) is 57.6 Å². The Morgan fingerprint density at radius 3 is 2.14 bits per heavy atom. The van der Waals surface area contributed by atoms with Crippen LogP contribution in [0.3, 0.4) is 0 Å². The number of nitrogens with zero attached hydrogens (tertiary/aromatic N) is 2. The lowest BCUT2D eigenvalue weighted by molar-refractivity contribution is 0.274. The van der Waals surface area contributed by atoms with Gasteiger partial charge in [-0.2, -0.15) is 0 Å². The predicted octanol–water partition coefficient (Wildman–Crippen LogP) is 3.36. The predicted molar refractivity (Wildman–Crippen MR) is 86.9 cm³/mol. The summed E-state index contributed by atoms with van der Waals surface area (Å²) in [5.41, 5.74) is 1.18. The summed E-state index contributed by atoms with van der Waals surface area (Å²) in [4.78, 5) is 7.89. The number of sulfone groups is 1. The molecule has 1 aromatic heterocycles. The third-order valence-electron chi connectivity index (χ3n) is 3.86. The molecule has 0 spiro atoms. The van der Waals surface area contributed by atoms with Crippen LogP contribution >= 0.6 is 11.6 Å². The van der Waals surface area contributed by atoms with Gasteiger partial charge in [-0.3, -0.25) is 0 Å². The first-order chi connectivity index (χ1) is 9.25. The summed E-state index contributed by atoms with van der Waals surface area (Å²) in [6.07, 6.45) is 1.06. The molecule has 0 fully saturated rings. The molecule has 0 aliphatic carbocycles. The van der Waals surface area contributed by atoms with Crippen molar-refractivity contribution in [3.63, 3.8) is 0 Å². The molecule has 0 aromatic carbocycles. The highest BCUT2D eigenvalue weighted by atomic mass is 35.5. The second-order valence-corrected chi connectivity index (χ2v) is 13.8. The van der Waals surface area contributed by atoms with Gasteiger partial charge in [0.25, 0.3) is 0 Å². The summed E-state index contributed by atoms with van der Waals surface area (Å²) < 4.78 is 29.1. The highest BCUT2D eigenvalue weighted by Crippen LogP contribution is 2.37. The van der Waals surface area contributed by atoms with Crippen LogP contribution in [0, 0.1) is 6.92 Å². The van der Waals surface area contributed by atoms with E-state index in [1.807, 2.05) is 0 Å². The minimum atomic E-state index is -3.47. The van der Waals surface area contributed by atoms with E-state index in [1.165, 1.54) is 0 Å². The number of aryl methyl sites for hydroxylation is 1. The molecule has 0 aliphatic heterocycles. The Morgan fingerprint density at radius 2 is 1.76 bits per heavy atom. The summed E-state index contributed by atoms with van der Waals surface area (Å²) >= 11 is 6.10. The quantitative estimate of drug-likeness (QED) is 0.473. The van der Waals surface area contributed by atoms with Gasteiger partial charge in [-0.05, 0) is 25.1 Å². The molecule has 0 amide bonds. The van der Waals surface area contributed by atoms with Crippen LogP contribution in [-0.4, -0.2) is 33.0 Å². The molecule has 0 unspecified atom stereocenters. The van der Waals surface area contributed by atoms with Crippen molar-refractivity contribution in [3.05, 3.63) is 16.4 Å². The number of halogens is 1. The third-order valence-corrected chi connectivity index (χ3v) is 9.49. The first-order valence-electron chi connectivity index (χ1n) is 6.63. The van der Waals surface area contributed by atoms with Crippen LogP contribution in [0.15, 0.2) is 5.16 Å². The van der Waals surface area contributed by atoms with Crippen LogP contribution in [0.5, 0.6) is 0 Å². The number of rotatable bonds is 4. The zero-order valence-electron chi connectivity index (χ0n) is 13.6. The summed E-state index contributed by atoms with van der Waals surface area (Å²) in [7, 11) is -5.39. The molecule has 1 heterocycles. The van der Waals surface area contributed by atoms with Crippen LogP contribution in [0.2, 0.25) is 23.3 Å². The van der Waals surface area contributed by atoms with E-state index in [4.69, 9.17) is 16.0 Å². The van der Waals surface area contributed by atoms with Crippen LogP contribution in [0.1, 0.15) is 32.0 Å². The van der Waals surface area contributed by atoms with Gasteiger partial charge in [0, 0.05) is 17.5 Å². The second-order valence-electron chi connectivity index (χ2n) is 6.68. The number of aromatic nitrogens is 2. The Hall–Kier alpha value is -0.503. The molecule has 0 atom stereocenters. The van der Waals surface area contributed by atoms with Gasteiger partial charge in [0.1, 0.15) is 5.15 Å². The highest BCUT2D eigenvalue weighted by Gasteiger charge is 2.37. The van der Waals surface area contributed by atoms with Crippen molar-refractivity contribution in [1.82, 2.24) is 9.97 Å². The Bertz CT molecular complexity index is 616. The van der Waals surface area contributed by atoms with Crippen molar-refractivity contribution in [3.8, 4) is 0 Å².